The summed E-state index contributed by atoms with van der Waals surface area (Å²) in [5.41, 5.74) is 5.40. The highest BCUT2D eigenvalue weighted by Gasteiger charge is 2.29. The lowest BCUT2D eigenvalue weighted by atomic mass is 9.98. The van der Waals surface area contributed by atoms with E-state index in [0.29, 0.717) is 11.3 Å². The minimum Gasteiger partial charge on any atom is -0.478 e. The summed E-state index contributed by atoms with van der Waals surface area (Å²) >= 11 is 0. The summed E-state index contributed by atoms with van der Waals surface area (Å²) in [6.07, 6.45) is -0.696. The Morgan fingerprint density at radius 2 is 1.53 bits per heavy atom. The van der Waals surface area contributed by atoms with Crippen molar-refractivity contribution in [2.75, 3.05) is 18.5 Å². The smallest absolute Gasteiger partial charge is 0.407 e. The van der Waals surface area contributed by atoms with Crippen molar-refractivity contribution in [2.45, 2.75) is 12.8 Å². The van der Waals surface area contributed by atoms with E-state index in [1.807, 2.05) is 36.4 Å². The zero-order chi connectivity index (χ0) is 22.7. The third-order valence-electron chi connectivity index (χ3n) is 5.58. The topological polar surface area (TPSA) is 105 Å². The maximum absolute atomic E-state index is 12.2. The van der Waals surface area contributed by atoms with E-state index in [9.17, 15) is 19.5 Å². The number of hydrogen-bond acceptors (Lipinski definition) is 4. The summed E-state index contributed by atoms with van der Waals surface area (Å²) in [6.45, 7) is 1.46. The van der Waals surface area contributed by atoms with Gasteiger partial charge in [0.2, 0.25) is 5.91 Å². The number of carboxylic acids is 1. The normalized spacial score (nSPS) is 11.9. The summed E-state index contributed by atoms with van der Waals surface area (Å²) in [4.78, 5) is 35.6. The van der Waals surface area contributed by atoms with Crippen molar-refractivity contribution in [3.8, 4) is 11.1 Å². The number of hydrogen-bond donors (Lipinski definition) is 3. The number of nitrogens with one attached hydrogen (secondary N) is 2. The number of rotatable bonds is 6. The van der Waals surface area contributed by atoms with Gasteiger partial charge in [0, 0.05) is 11.6 Å². The fraction of sp³-hybridized carbons (Fsp3) is 0.160. The number of fused-ring (bicyclic) bond motifs is 3. The maximum atomic E-state index is 12.2. The minimum atomic E-state index is -1.07. The molecular weight excluding hydrogens is 408 g/mol. The molecule has 2 amide bonds. The number of amides is 2. The summed E-state index contributed by atoms with van der Waals surface area (Å²) < 4.78 is 5.41. The van der Waals surface area contributed by atoms with E-state index >= 15 is 0 Å². The zero-order valence-electron chi connectivity index (χ0n) is 17.4. The molecule has 0 aromatic heterocycles. The molecule has 0 saturated heterocycles. The number of aromatic carboxylic acids is 1. The van der Waals surface area contributed by atoms with Crippen LogP contribution in [-0.4, -0.2) is 36.2 Å². The van der Waals surface area contributed by atoms with Crippen molar-refractivity contribution >= 4 is 23.7 Å². The highest BCUT2D eigenvalue weighted by molar-refractivity contribution is 5.97. The first kappa shape index (κ1) is 21.1. The van der Waals surface area contributed by atoms with Crippen LogP contribution in [0.4, 0.5) is 10.5 Å². The highest BCUT2D eigenvalue weighted by Crippen LogP contribution is 2.44. The molecule has 162 valence electrons. The largest absolute Gasteiger partial charge is 0.478 e. The SMILES string of the molecule is Cc1c(NC(=O)CNC(=O)OCC2c3ccccc3-c3ccccc32)cccc1C(=O)O. The molecule has 0 unspecified atom stereocenters. The van der Waals surface area contributed by atoms with Crippen LogP contribution >= 0.6 is 0 Å². The molecule has 32 heavy (non-hydrogen) atoms. The van der Waals surface area contributed by atoms with Crippen LogP contribution < -0.4 is 10.6 Å². The third kappa shape index (κ3) is 4.18. The molecule has 0 bridgehead atoms. The second-order valence-corrected chi connectivity index (χ2v) is 7.51. The molecule has 0 atom stereocenters. The number of benzene rings is 3. The van der Waals surface area contributed by atoms with Gasteiger partial charge in [-0.15, -0.1) is 0 Å². The van der Waals surface area contributed by atoms with Gasteiger partial charge in [-0.25, -0.2) is 9.59 Å². The fourth-order valence-corrected chi connectivity index (χ4v) is 4.00. The summed E-state index contributed by atoms with van der Waals surface area (Å²) in [7, 11) is 0. The third-order valence-corrected chi connectivity index (χ3v) is 5.58. The second kappa shape index (κ2) is 8.93. The monoisotopic (exact) mass is 430 g/mol. The summed E-state index contributed by atoms with van der Waals surface area (Å²) in [6, 6.07) is 20.7. The molecule has 0 radical (unpaired) electrons. The Labute approximate surface area is 185 Å². The number of alkyl carbamates (subject to hydrolysis) is 1. The number of anilines is 1. The van der Waals surface area contributed by atoms with Gasteiger partial charge in [-0.3, -0.25) is 4.79 Å². The van der Waals surface area contributed by atoms with Crippen LogP contribution in [0.5, 0.6) is 0 Å². The molecule has 0 aliphatic heterocycles. The highest BCUT2D eigenvalue weighted by atomic mass is 16.5. The lowest BCUT2D eigenvalue weighted by molar-refractivity contribution is -0.115. The van der Waals surface area contributed by atoms with E-state index in [4.69, 9.17) is 4.74 Å². The van der Waals surface area contributed by atoms with E-state index in [1.54, 1.807) is 19.1 Å². The Kier molecular flexibility index (Phi) is 5.89. The van der Waals surface area contributed by atoms with Gasteiger partial charge in [0.1, 0.15) is 13.2 Å². The number of carboxylic acid groups (broad SMARTS) is 1. The van der Waals surface area contributed by atoms with Gasteiger partial charge < -0.3 is 20.5 Å². The van der Waals surface area contributed by atoms with Crippen molar-refractivity contribution in [3.05, 3.63) is 89.0 Å². The quantitative estimate of drug-likeness (QED) is 0.544. The van der Waals surface area contributed by atoms with Crippen molar-refractivity contribution in [3.63, 3.8) is 0 Å². The van der Waals surface area contributed by atoms with E-state index in [2.05, 4.69) is 22.8 Å². The van der Waals surface area contributed by atoms with Crippen LogP contribution in [-0.2, 0) is 9.53 Å². The molecule has 4 rings (SSSR count). The lowest BCUT2D eigenvalue weighted by Crippen LogP contribution is -2.34. The van der Waals surface area contributed by atoms with Crippen LogP contribution in [0.2, 0.25) is 0 Å². The molecule has 3 N–H and O–H groups in total. The van der Waals surface area contributed by atoms with Crippen molar-refractivity contribution < 1.29 is 24.2 Å². The predicted molar refractivity (Wildman–Crippen MR) is 120 cm³/mol. The van der Waals surface area contributed by atoms with Crippen LogP contribution in [0.3, 0.4) is 0 Å². The Balaban J connectivity index is 1.33. The van der Waals surface area contributed by atoms with Crippen LogP contribution in [0.25, 0.3) is 11.1 Å². The van der Waals surface area contributed by atoms with Crippen molar-refractivity contribution in [1.82, 2.24) is 5.32 Å². The molecule has 0 fully saturated rings. The maximum Gasteiger partial charge on any atom is 0.407 e. The van der Waals surface area contributed by atoms with Gasteiger partial charge in [-0.2, -0.15) is 0 Å². The first-order chi connectivity index (χ1) is 15.5. The molecule has 7 nitrogen and oxygen atoms in total. The van der Waals surface area contributed by atoms with Gasteiger partial charge in [0.05, 0.1) is 5.56 Å². The molecule has 1 aliphatic rings. The second-order valence-electron chi connectivity index (χ2n) is 7.51. The zero-order valence-corrected chi connectivity index (χ0v) is 17.4. The van der Waals surface area contributed by atoms with Crippen molar-refractivity contribution in [2.24, 2.45) is 0 Å². The predicted octanol–water partition coefficient (Wildman–Crippen LogP) is 4.17. The van der Waals surface area contributed by atoms with Crippen LogP contribution in [0.15, 0.2) is 66.7 Å². The van der Waals surface area contributed by atoms with E-state index < -0.39 is 18.0 Å². The molecule has 7 heteroatoms. The Morgan fingerprint density at radius 3 is 2.16 bits per heavy atom. The number of ether oxygens (including phenoxy) is 1. The number of carbonyl (C=O) groups excluding carboxylic acids is 2. The first-order valence-electron chi connectivity index (χ1n) is 10.2. The molecule has 0 heterocycles. The van der Waals surface area contributed by atoms with Gasteiger partial charge in [-0.05, 0) is 46.9 Å². The molecule has 0 spiro atoms. The Bertz CT molecular complexity index is 1160. The molecular formula is C25H22N2O5. The average Bonchev–Trinajstić information content (AvgIpc) is 3.11. The summed E-state index contributed by atoms with van der Waals surface area (Å²) in [5, 5.41) is 14.2. The summed E-state index contributed by atoms with van der Waals surface area (Å²) in [5.74, 6) is -1.62. The van der Waals surface area contributed by atoms with Gasteiger partial charge >= 0.3 is 12.1 Å². The Morgan fingerprint density at radius 1 is 0.906 bits per heavy atom. The first-order valence-corrected chi connectivity index (χ1v) is 10.2. The van der Waals surface area contributed by atoms with Gasteiger partial charge in [0.25, 0.3) is 0 Å². The molecule has 1 aliphatic carbocycles. The molecule has 0 saturated carbocycles. The van der Waals surface area contributed by atoms with Gasteiger partial charge in [-0.1, -0.05) is 54.6 Å². The fourth-order valence-electron chi connectivity index (χ4n) is 4.00. The standard InChI is InChI=1S/C25H22N2O5/c1-15-16(24(29)30)11-6-12-22(15)27-23(28)13-26-25(31)32-14-21-19-9-4-2-7-17(19)18-8-3-5-10-20(18)21/h2-12,21H,13-14H2,1H3,(H,26,31)(H,27,28)(H,29,30). The average molecular weight is 430 g/mol. The van der Waals surface area contributed by atoms with Crippen molar-refractivity contribution in [1.29, 1.82) is 0 Å². The van der Waals surface area contributed by atoms with Crippen LogP contribution in [0, 0.1) is 6.92 Å². The molecule has 3 aromatic carbocycles. The molecule has 3 aromatic rings. The number of carbonyl (C=O) groups is 3. The lowest BCUT2D eigenvalue weighted by Gasteiger charge is -2.15. The minimum absolute atomic E-state index is 0.0663. The van der Waals surface area contributed by atoms with E-state index in [-0.39, 0.29) is 24.6 Å². The van der Waals surface area contributed by atoms with Crippen LogP contribution in [0.1, 0.15) is 33.0 Å². The van der Waals surface area contributed by atoms with E-state index in [1.165, 1.54) is 6.07 Å². The van der Waals surface area contributed by atoms with Gasteiger partial charge in [0.15, 0.2) is 0 Å². The van der Waals surface area contributed by atoms with E-state index in [0.717, 1.165) is 22.3 Å². The Hall–Kier alpha value is -4.13.